The van der Waals surface area contributed by atoms with Crippen molar-refractivity contribution >= 4 is 10.9 Å². The minimum absolute atomic E-state index is 1.07. The topological polar surface area (TPSA) is 28.7 Å². The van der Waals surface area contributed by atoms with Crippen molar-refractivity contribution in [3.05, 3.63) is 65.9 Å². The predicted molar refractivity (Wildman–Crippen MR) is 69.9 cm³/mol. The van der Waals surface area contributed by atoms with Gasteiger partial charge in [-0.25, -0.2) is 0 Å². The van der Waals surface area contributed by atoms with Crippen molar-refractivity contribution in [1.29, 1.82) is 0 Å². The third-order valence-corrected chi connectivity index (χ3v) is 3.05. The highest BCUT2D eigenvalue weighted by molar-refractivity contribution is 5.78. The van der Waals surface area contributed by atoms with Crippen molar-refractivity contribution < 1.29 is 0 Å². The molecule has 0 aliphatic rings. The Hall–Kier alpha value is -2.09. The van der Waals surface area contributed by atoms with E-state index < -0.39 is 0 Å². The van der Waals surface area contributed by atoms with Gasteiger partial charge < -0.3 is 0 Å². The molecule has 2 heteroatoms. The number of aromatic nitrogens is 2. The fraction of sp³-hybridized carbons (Fsp3) is 0.133. The molecule has 0 saturated heterocycles. The monoisotopic (exact) mass is 222 g/mol. The van der Waals surface area contributed by atoms with Crippen LogP contribution in [0.1, 0.15) is 11.1 Å². The summed E-state index contributed by atoms with van der Waals surface area (Å²) in [7, 11) is 0. The van der Waals surface area contributed by atoms with E-state index in [1.54, 1.807) is 0 Å². The highest BCUT2D eigenvalue weighted by Crippen LogP contribution is 2.14. The fourth-order valence-corrected chi connectivity index (χ4v) is 2.08. The molecule has 0 unspecified atom stereocenters. The zero-order chi connectivity index (χ0) is 11.5. The summed E-state index contributed by atoms with van der Waals surface area (Å²) in [6.07, 6.45) is 4.04. The molecule has 1 aromatic heterocycles. The molecule has 2 nitrogen and oxygen atoms in total. The molecule has 1 N–H and O–H groups in total. The third kappa shape index (κ3) is 2.21. The Balaban J connectivity index is 1.76. The minimum atomic E-state index is 1.07. The first kappa shape index (κ1) is 10.1. The van der Waals surface area contributed by atoms with E-state index in [1.165, 1.54) is 16.5 Å². The Labute approximate surface area is 100 Å². The van der Waals surface area contributed by atoms with Crippen LogP contribution in [0.4, 0.5) is 0 Å². The Morgan fingerprint density at radius 2 is 1.71 bits per heavy atom. The first-order valence-electron chi connectivity index (χ1n) is 5.88. The maximum Gasteiger partial charge on any atom is 0.0650 e. The molecule has 0 saturated carbocycles. The van der Waals surface area contributed by atoms with Gasteiger partial charge in [0.05, 0.1) is 11.7 Å². The summed E-state index contributed by atoms with van der Waals surface area (Å²) in [5.41, 5.74) is 3.86. The lowest BCUT2D eigenvalue weighted by Gasteiger charge is -2.02. The van der Waals surface area contributed by atoms with Crippen LogP contribution in [0, 0.1) is 0 Å². The van der Waals surface area contributed by atoms with E-state index in [2.05, 4.69) is 58.7 Å². The van der Waals surface area contributed by atoms with Gasteiger partial charge in [0, 0.05) is 5.39 Å². The second kappa shape index (κ2) is 4.42. The third-order valence-electron chi connectivity index (χ3n) is 3.05. The number of aromatic amines is 1. The second-order valence-electron chi connectivity index (χ2n) is 4.28. The standard InChI is InChI=1S/C15H14N2/c1-2-4-12(5-3-1)6-7-13-8-9-15-14(10-13)11-16-17-15/h1-5,8-11H,6-7H2,(H,16,17). The summed E-state index contributed by atoms with van der Waals surface area (Å²) in [4.78, 5) is 0. The van der Waals surface area contributed by atoms with Crippen molar-refractivity contribution in [3.63, 3.8) is 0 Å². The number of hydrogen-bond acceptors (Lipinski definition) is 1. The Morgan fingerprint density at radius 3 is 2.59 bits per heavy atom. The Kier molecular flexibility index (Phi) is 2.62. The van der Waals surface area contributed by atoms with Crippen molar-refractivity contribution in [3.8, 4) is 0 Å². The van der Waals surface area contributed by atoms with E-state index in [-0.39, 0.29) is 0 Å². The molecule has 0 atom stereocenters. The minimum Gasteiger partial charge on any atom is -0.278 e. The summed E-state index contributed by atoms with van der Waals surface area (Å²) in [6, 6.07) is 17.1. The van der Waals surface area contributed by atoms with E-state index in [4.69, 9.17) is 0 Å². The fourth-order valence-electron chi connectivity index (χ4n) is 2.08. The summed E-state index contributed by atoms with van der Waals surface area (Å²) >= 11 is 0. The van der Waals surface area contributed by atoms with Crippen molar-refractivity contribution in [1.82, 2.24) is 10.2 Å². The van der Waals surface area contributed by atoms with Gasteiger partial charge in [0.2, 0.25) is 0 Å². The highest BCUT2D eigenvalue weighted by Gasteiger charge is 1.99. The van der Waals surface area contributed by atoms with E-state index in [0.29, 0.717) is 0 Å². The van der Waals surface area contributed by atoms with Gasteiger partial charge in [-0.05, 0) is 36.1 Å². The quantitative estimate of drug-likeness (QED) is 0.723. The molecule has 0 radical (unpaired) electrons. The summed E-state index contributed by atoms with van der Waals surface area (Å²) in [5.74, 6) is 0. The van der Waals surface area contributed by atoms with Gasteiger partial charge in [0.1, 0.15) is 0 Å². The maximum atomic E-state index is 4.04. The first-order valence-corrected chi connectivity index (χ1v) is 5.88. The van der Waals surface area contributed by atoms with Gasteiger partial charge in [-0.1, -0.05) is 36.4 Å². The number of H-pyrrole nitrogens is 1. The lowest BCUT2D eigenvalue weighted by Crippen LogP contribution is -1.90. The number of hydrogen-bond donors (Lipinski definition) is 1. The molecular formula is C15H14N2. The smallest absolute Gasteiger partial charge is 0.0650 e. The van der Waals surface area contributed by atoms with Crippen molar-refractivity contribution in [2.45, 2.75) is 12.8 Å². The number of rotatable bonds is 3. The highest BCUT2D eigenvalue weighted by atomic mass is 15.1. The van der Waals surface area contributed by atoms with Crippen LogP contribution >= 0.6 is 0 Å². The van der Waals surface area contributed by atoms with Gasteiger partial charge in [-0.3, -0.25) is 5.10 Å². The number of fused-ring (bicyclic) bond motifs is 1. The average Bonchev–Trinajstić information content (AvgIpc) is 2.85. The van der Waals surface area contributed by atoms with Crippen LogP contribution in [0.5, 0.6) is 0 Å². The molecule has 17 heavy (non-hydrogen) atoms. The van der Waals surface area contributed by atoms with Crippen LogP contribution < -0.4 is 0 Å². The number of nitrogens with one attached hydrogen (secondary N) is 1. The molecule has 3 aromatic rings. The molecule has 0 fully saturated rings. The van der Waals surface area contributed by atoms with E-state index in [0.717, 1.165) is 18.4 Å². The zero-order valence-electron chi connectivity index (χ0n) is 9.56. The van der Waals surface area contributed by atoms with E-state index in [1.807, 2.05) is 6.20 Å². The molecule has 0 aliphatic heterocycles. The van der Waals surface area contributed by atoms with Crippen LogP contribution in [0.15, 0.2) is 54.7 Å². The molecule has 0 spiro atoms. The number of nitrogens with zero attached hydrogens (tertiary/aromatic N) is 1. The van der Waals surface area contributed by atoms with Gasteiger partial charge in [0.25, 0.3) is 0 Å². The summed E-state index contributed by atoms with van der Waals surface area (Å²) < 4.78 is 0. The zero-order valence-corrected chi connectivity index (χ0v) is 9.56. The van der Waals surface area contributed by atoms with Crippen LogP contribution in [0.3, 0.4) is 0 Å². The number of benzene rings is 2. The van der Waals surface area contributed by atoms with Crippen molar-refractivity contribution in [2.24, 2.45) is 0 Å². The summed E-state index contributed by atoms with van der Waals surface area (Å²) in [6.45, 7) is 0. The molecule has 0 aliphatic carbocycles. The largest absolute Gasteiger partial charge is 0.278 e. The number of aryl methyl sites for hydroxylation is 2. The molecule has 0 bridgehead atoms. The molecule has 84 valence electrons. The Bertz CT molecular complexity index is 611. The van der Waals surface area contributed by atoms with Gasteiger partial charge in [-0.15, -0.1) is 0 Å². The molecule has 1 heterocycles. The van der Waals surface area contributed by atoms with E-state index >= 15 is 0 Å². The molecule has 2 aromatic carbocycles. The van der Waals surface area contributed by atoms with Crippen molar-refractivity contribution in [2.75, 3.05) is 0 Å². The molecule has 0 amide bonds. The maximum absolute atomic E-state index is 4.04. The van der Waals surface area contributed by atoms with Gasteiger partial charge >= 0.3 is 0 Å². The van der Waals surface area contributed by atoms with Gasteiger partial charge in [0.15, 0.2) is 0 Å². The van der Waals surface area contributed by atoms with Crippen LogP contribution in [0.2, 0.25) is 0 Å². The normalized spacial score (nSPS) is 10.8. The lowest BCUT2D eigenvalue weighted by atomic mass is 10.0. The van der Waals surface area contributed by atoms with Crippen LogP contribution in [-0.4, -0.2) is 10.2 Å². The SMILES string of the molecule is c1ccc(CCc2ccc3[nH]ncc3c2)cc1. The van der Waals surface area contributed by atoms with Crippen LogP contribution in [0.25, 0.3) is 10.9 Å². The first-order chi connectivity index (χ1) is 8.42. The molecular weight excluding hydrogens is 208 g/mol. The van der Waals surface area contributed by atoms with Crippen LogP contribution in [-0.2, 0) is 12.8 Å². The van der Waals surface area contributed by atoms with E-state index in [9.17, 15) is 0 Å². The van der Waals surface area contributed by atoms with Gasteiger partial charge in [-0.2, -0.15) is 5.10 Å². The molecule has 3 rings (SSSR count). The Morgan fingerprint density at radius 1 is 0.882 bits per heavy atom. The lowest BCUT2D eigenvalue weighted by molar-refractivity contribution is 0.962. The second-order valence-corrected chi connectivity index (χ2v) is 4.28. The average molecular weight is 222 g/mol. The summed E-state index contributed by atoms with van der Waals surface area (Å²) in [5, 5.41) is 8.20. The predicted octanol–water partition coefficient (Wildman–Crippen LogP) is 3.35.